The molecule has 0 aliphatic rings. The molecule has 0 aromatic heterocycles. The van der Waals surface area contributed by atoms with Gasteiger partial charge in [0.2, 0.25) is 0 Å². The molecular weight excluding hydrogens is 202 g/mol. The number of rotatable bonds is 3. The SMILES string of the molecule is CC(O)C(NC(=O)O)C(=O)OC(C)(C)C. The summed E-state index contributed by atoms with van der Waals surface area (Å²) in [5.41, 5.74) is -0.718. The Morgan fingerprint density at radius 1 is 1.33 bits per heavy atom. The zero-order valence-corrected chi connectivity index (χ0v) is 9.27. The molecule has 0 heterocycles. The summed E-state index contributed by atoms with van der Waals surface area (Å²) in [4.78, 5) is 21.8. The molecule has 0 saturated heterocycles. The molecule has 0 spiro atoms. The molecule has 0 aromatic carbocycles. The monoisotopic (exact) mass is 219 g/mol. The second-order valence-corrected chi connectivity index (χ2v) is 4.20. The summed E-state index contributed by atoms with van der Waals surface area (Å²) in [6, 6.07) is -1.26. The Morgan fingerprint density at radius 2 is 1.80 bits per heavy atom. The number of aliphatic hydroxyl groups excluding tert-OH is 1. The van der Waals surface area contributed by atoms with Crippen molar-refractivity contribution in [2.24, 2.45) is 0 Å². The van der Waals surface area contributed by atoms with Crippen molar-refractivity contribution in [2.45, 2.75) is 45.4 Å². The first-order valence-corrected chi connectivity index (χ1v) is 4.54. The van der Waals surface area contributed by atoms with Gasteiger partial charge < -0.3 is 20.3 Å². The van der Waals surface area contributed by atoms with E-state index in [1.807, 2.05) is 5.32 Å². The van der Waals surface area contributed by atoms with Crippen LogP contribution in [0.5, 0.6) is 0 Å². The molecule has 0 fully saturated rings. The first-order chi connectivity index (χ1) is 6.63. The number of carbonyl (C=O) groups is 2. The lowest BCUT2D eigenvalue weighted by atomic mass is 10.1. The molecule has 15 heavy (non-hydrogen) atoms. The van der Waals surface area contributed by atoms with Gasteiger partial charge in [0.15, 0.2) is 6.04 Å². The largest absolute Gasteiger partial charge is 0.465 e. The first kappa shape index (κ1) is 13.7. The molecule has 0 aromatic rings. The van der Waals surface area contributed by atoms with Crippen LogP contribution in [0.4, 0.5) is 4.79 Å². The van der Waals surface area contributed by atoms with E-state index in [1.165, 1.54) is 6.92 Å². The molecule has 3 N–H and O–H groups in total. The highest BCUT2D eigenvalue weighted by Crippen LogP contribution is 2.09. The third-order valence-corrected chi connectivity index (χ3v) is 1.42. The molecule has 1 amide bonds. The van der Waals surface area contributed by atoms with Crippen molar-refractivity contribution >= 4 is 12.1 Å². The van der Waals surface area contributed by atoms with Gasteiger partial charge in [0.1, 0.15) is 5.60 Å². The Morgan fingerprint density at radius 3 is 2.07 bits per heavy atom. The van der Waals surface area contributed by atoms with Crippen LogP contribution >= 0.6 is 0 Å². The number of ether oxygens (including phenoxy) is 1. The first-order valence-electron chi connectivity index (χ1n) is 4.54. The number of aliphatic hydroxyl groups is 1. The van der Waals surface area contributed by atoms with Crippen LogP contribution in [0.25, 0.3) is 0 Å². The minimum atomic E-state index is -1.38. The Hall–Kier alpha value is -1.30. The molecule has 0 aliphatic heterocycles. The minimum absolute atomic E-state index is 0.718. The van der Waals surface area contributed by atoms with Crippen molar-refractivity contribution in [2.75, 3.05) is 0 Å². The maximum atomic E-state index is 11.4. The molecule has 2 atom stereocenters. The van der Waals surface area contributed by atoms with Crippen LogP contribution in [0.15, 0.2) is 0 Å². The standard InChI is InChI=1S/C9H17NO5/c1-5(11)6(10-8(13)14)7(12)15-9(2,3)4/h5-6,10-11H,1-4H3,(H,13,14). The average molecular weight is 219 g/mol. The second-order valence-electron chi connectivity index (χ2n) is 4.20. The van der Waals surface area contributed by atoms with Gasteiger partial charge in [-0.05, 0) is 27.7 Å². The fourth-order valence-corrected chi connectivity index (χ4v) is 0.875. The summed E-state index contributed by atoms with van der Waals surface area (Å²) in [7, 11) is 0. The van der Waals surface area contributed by atoms with Crippen molar-refractivity contribution in [1.82, 2.24) is 5.32 Å². The Balaban J connectivity index is 4.50. The van der Waals surface area contributed by atoms with Gasteiger partial charge in [-0.1, -0.05) is 0 Å². The van der Waals surface area contributed by atoms with Crippen molar-refractivity contribution in [1.29, 1.82) is 0 Å². The van der Waals surface area contributed by atoms with Gasteiger partial charge in [-0.3, -0.25) is 0 Å². The van der Waals surface area contributed by atoms with E-state index >= 15 is 0 Å². The summed E-state index contributed by atoms with van der Waals surface area (Å²) in [5, 5.41) is 19.5. The number of hydrogen-bond acceptors (Lipinski definition) is 4. The number of carbonyl (C=O) groups excluding carboxylic acids is 1. The topological polar surface area (TPSA) is 95.9 Å². The van der Waals surface area contributed by atoms with Crippen molar-refractivity contribution in [3.05, 3.63) is 0 Å². The highest BCUT2D eigenvalue weighted by molar-refractivity contribution is 5.81. The van der Waals surface area contributed by atoms with Gasteiger partial charge in [0.05, 0.1) is 6.10 Å². The molecule has 6 nitrogen and oxygen atoms in total. The van der Waals surface area contributed by atoms with Gasteiger partial charge >= 0.3 is 12.1 Å². The van der Waals surface area contributed by atoms with Crippen LogP contribution in [-0.2, 0) is 9.53 Å². The van der Waals surface area contributed by atoms with E-state index in [4.69, 9.17) is 9.84 Å². The molecule has 0 rings (SSSR count). The Kier molecular flexibility index (Phi) is 4.54. The van der Waals surface area contributed by atoms with E-state index in [0.29, 0.717) is 0 Å². The van der Waals surface area contributed by atoms with Gasteiger partial charge in [-0.2, -0.15) is 0 Å². The van der Waals surface area contributed by atoms with E-state index in [-0.39, 0.29) is 0 Å². The number of carboxylic acid groups (broad SMARTS) is 1. The zero-order valence-electron chi connectivity index (χ0n) is 9.27. The lowest BCUT2D eigenvalue weighted by molar-refractivity contribution is -0.160. The van der Waals surface area contributed by atoms with E-state index in [2.05, 4.69) is 0 Å². The summed E-state index contributed by atoms with van der Waals surface area (Å²) in [6.07, 6.45) is -2.53. The fourth-order valence-electron chi connectivity index (χ4n) is 0.875. The van der Waals surface area contributed by atoms with E-state index in [9.17, 15) is 14.7 Å². The van der Waals surface area contributed by atoms with Crippen molar-refractivity contribution in [3.8, 4) is 0 Å². The zero-order chi connectivity index (χ0) is 12.2. The third-order valence-electron chi connectivity index (χ3n) is 1.42. The van der Waals surface area contributed by atoms with Gasteiger partial charge in [-0.15, -0.1) is 0 Å². The second kappa shape index (κ2) is 4.97. The molecule has 0 aliphatic carbocycles. The average Bonchev–Trinajstić information content (AvgIpc) is 1.95. The molecular formula is C9H17NO5. The van der Waals surface area contributed by atoms with E-state index < -0.39 is 29.8 Å². The van der Waals surface area contributed by atoms with Crippen LogP contribution in [-0.4, -0.2) is 40.0 Å². The lowest BCUT2D eigenvalue weighted by Gasteiger charge is -2.25. The summed E-state index contributed by atoms with van der Waals surface area (Å²) in [6.45, 7) is 6.28. The number of amides is 1. The van der Waals surface area contributed by atoms with Crippen LogP contribution in [0, 0.1) is 0 Å². The van der Waals surface area contributed by atoms with Crippen LogP contribution in [0.3, 0.4) is 0 Å². The lowest BCUT2D eigenvalue weighted by Crippen LogP contribution is -2.49. The molecule has 0 saturated carbocycles. The fraction of sp³-hybridized carbons (Fsp3) is 0.778. The van der Waals surface area contributed by atoms with Crippen molar-refractivity contribution < 1.29 is 24.5 Å². The molecule has 0 radical (unpaired) electrons. The van der Waals surface area contributed by atoms with Gasteiger partial charge in [0.25, 0.3) is 0 Å². The molecule has 0 bridgehead atoms. The minimum Gasteiger partial charge on any atom is -0.465 e. The Bertz CT molecular complexity index is 243. The Labute approximate surface area is 88.2 Å². The normalized spacial score (nSPS) is 15.3. The van der Waals surface area contributed by atoms with Crippen LogP contribution < -0.4 is 5.32 Å². The smallest absolute Gasteiger partial charge is 0.405 e. The maximum absolute atomic E-state index is 11.4. The quantitative estimate of drug-likeness (QED) is 0.595. The van der Waals surface area contributed by atoms with E-state index in [1.54, 1.807) is 20.8 Å². The predicted molar refractivity (Wildman–Crippen MR) is 52.5 cm³/mol. The predicted octanol–water partition coefficient (Wildman–Crippen LogP) is 0.345. The highest BCUT2D eigenvalue weighted by atomic mass is 16.6. The number of hydrogen-bond donors (Lipinski definition) is 3. The third kappa shape index (κ3) is 5.90. The van der Waals surface area contributed by atoms with Crippen LogP contribution in [0.2, 0.25) is 0 Å². The van der Waals surface area contributed by atoms with Crippen molar-refractivity contribution in [3.63, 3.8) is 0 Å². The highest BCUT2D eigenvalue weighted by Gasteiger charge is 2.30. The summed E-state index contributed by atoms with van der Waals surface area (Å²) in [5.74, 6) is -0.792. The number of esters is 1. The maximum Gasteiger partial charge on any atom is 0.405 e. The molecule has 88 valence electrons. The summed E-state index contributed by atoms with van der Waals surface area (Å²) < 4.78 is 4.94. The number of nitrogens with one attached hydrogen (secondary N) is 1. The van der Waals surface area contributed by atoms with Gasteiger partial charge in [0, 0.05) is 0 Å². The molecule has 2 unspecified atom stereocenters. The van der Waals surface area contributed by atoms with Crippen LogP contribution in [0.1, 0.15) is 27.7 Å². The van der Waals surface area contributed by atoms with Gasteiger partial charge in [-0.25, -0.2) is 9.59 Å². The van der Waals surface area contributed by atoms with E-state index in [0.717, 1.165) is 0 Å². The molecule has 6 heteroatoms. The summed E-state index contributed by atoms with van der Waals surface area (Å²) >= 11 is 0.